The molecule has 20 atom stereocenters. The zero-order valence-electron chi connectivity index (χ0n) is 77.8. The van der Waals surface area contributed by atoms with Crippen LogP contribution in [0.25, 0.3) is 0 Å². The van der Waals surface area contributed by atoms with E-state index in [1.165, 1.54) is 0 Å². The van der Waals surface area contributed by atoms with Crippen LogP contribution in [-0.4, -0.2) is 354 Å². The summed E-state index contributed by atoms with van der Waals surface area (Å²) in [6, 6.07) is -28.2. The smallest absolute Gasteiger partial charge is 0.326 e. The van der Waals surface area contributed by atoms with Gasteiger partial charge in [0.15, 0.2) is 5.96 Å². The summed E-state index contributed by atoms with van der Waals surface area (Å²) in [7, 11) is 0. The summed E-state index contributed by atoms with van der Waals surface area (Å²) >= 11 is 0. The fraction of sp³-hybridized carbons (Fsp3) is 0.691. The molecule has 1 fully saturated rings. The predicted molar refractivity (Wildman–Crippen MR) is 474 cm³/mol. The maximum atomic E-state index is 14.7. The van der Waals surface area contributed by atoms with E-state index >= 15 is 0 Å². The number of nitrogens with two attached hydrogens (primary N) is 3. The number of aliphatic hydroxyl groups excluding tert-OH is 3. The standard InChI is InChI=1S/C81H135N23O33/c1-11-37(5)61(100-54(109)33-87-53(108)32-88-64(120)39(7)90-74(130)51(35-106)99-78(134)63(42(10)107)103-71(127)44(18-15-29-86-81(84)85)94-69(125)47(23-27-58(116)117)95-68(124)46(22-26-57(114)115)93-67(123)43(83)20-24-55(110)111)77(133)101-60(36(3)4)76(132)102-62(38(6)12-2)79(135)104-30-16-19-52(104)75(131)97-49(31-59(118)119)72(128)98-50(34-105)73(129)91-40(8)65(121)89-41(9)66(122)92-45(21-25-56(112)113)70(126)96-48(80(136)137)17-13-14-28-82/h36-52,60-63,105-107H,11-35,82-83H2,1-10H3,(H,87,108)(H,88,120)(H,89,121)(H,90,130)(H,91,129)(H,92,122)(H,93,123)(H,94,125)(H,95,124)(H,96,126)(H,97,131)(H,98,128)(H,99,134)(H,100,109)(H,101,133)(H,102,132)(H,103,127)(H,110,111)(H,112,113)(H,114,115)(H,116,117)(H,118,119)(H,136,137)(H4,84,85,86)/t37-,38-,39-,40-,41-,42+,43-,44-,45-,46-,47-,48-,49-,50-,51-,52-,60-,61-,62-,63-/m0/s1. The second-order valence-electron chi connectivity index (χ2n) is 33.0. The van der Waals surface area contributed by atoms with E-state index in [1.807, 2.05) is 0 Å². The van der Waals surface area contributed by atoms with Crippen molar-refractivity contribution < 1.29 is 161 Å². The lowest BCUT2D eigenvalue weighted by atomic mass is 9.94. The van der Waals surface area contributed by atoms with Crippen molar-refractivity contribution in [1.29, 1.82) is 5.41 Å². The monoisotopic (exact) mass is 1960 g/mol. The Morgan fingerprint density at radius 1 is 0.380 bits per heavy atom. The Morgan fingerprint density at radius 2 is 0.759 bits per heavy atom. The molecule has 1 saturated heterocycles. The van der Waals surface area contributed by atoms with Gasteiger partial charge in [-0.15, -0.1) is 0 Å². The molecule has 0 saturated carbocycles. The van der Waals surface area contributed by atoms with Gasteiger partial charge < -0.3 is 164 Å². The Morgan fingerprint density at radius 3 is 1.22 bits per heavy atom. The molecule has 772 valence electrons. The van der Waals surface area contributed by atoms with Crippen molar-refractivity contribution in [2.45, 2.75) is 294 Å². The van der Waals surface area contributed by atoms with E-state index < -0.39 is 365 Å². The predicted octanol–water partition coefficient (Wildman–Crippen LogP) is -11.6. The number of unbranched alkanes of at least 4 members (excludes halogenated alkanes) is 1. The Labute approximate surface area is 786 Å². The van der Waals surface area contributed by atoms with Crippen molar-refractivity contribution in [2.24, 2.45) is 35.0 Å². The number of hydrogen-bond donors (Lipinski definition) is 31. The molecule has 0 spiro atoms. The molecule has 0 radical (unpaired) electrons. The molecule has 1 heterocycles. The van der Waals surface area contributed by atoms with Crippen molar-refractivity contribution >= 4 is 148 Å². The van der Waals surface area contributed by atoms with Crippen LogP contribution in [0.15, 0.2) is 0 Å². The number of nitrogens with one attached hydrogen (secondary N) is 19. The van der Waals surface area contributed by atoms with Gasteiger partial charge in [-0.2, -0.15) is 0 Å². The van der Waals surface area contributed by atoms with Gasteiger partial charge in [0.2, 0.25) is 106 Å². The summed E-state index contributed by atoms with van der Waals surface area (Å²) in [5, 5.41) is 137. The van der Waals surface area contributed by atoms with Gasteiger partial charge in [-0.05, 0) is 123 Å². The number of carbonyl (C=O) groups is 24. The number of likely N-dealkylation sites (tertiary alicyclic amines) is 1. The van der Waals surface area contributed by atoms with Crippen molar-refractivity contribution in [3.8, 4) is 0 Å². The van der Waals surface area contributed by atoms with Gasteiger partial charge in [0.1, 0.15) is 96.7 Å². The Bertz CT molecular complexity index is 4240. The number of carboxylic acids is 6. The van der Waals surface area contributed by atoms with E-state index in [1.54, 1.807) is 41.5 Å². The van der Waals surface area contributed by atoms with E-state index in [9.17, 15) is 156 Å². The number of rotatable bonds is 66. The van der Waals surface area contributed by atoms with Crippen LogP contribution in [0.4, 0.5) is 0 Å². The summed E-state index contributed by atoms with van der Waals surface area (Å²) in [6.45, 7) is 9.90. The number of aliphatic hydroxyl groups is 3. The number of carboxylic acid groups (broad SMARTS) is 6. The quantitative estimate of drug-likeness (QED) is 0.0153. The third kappa shape index (κ3) is 45.0. The Hall–Kier alpha value is -13.6. The number of aliphatic carboxylic acids is 6. The van der Waals surface area contributed by atoms with E-state index in [-0.39, 0.29) is 58.2 Å². The van der Waals surface area contributed by atoms with Gasteiger partial charge >= 0.3 is 35.8 Å². The molecule has 0 bridgehead atoms. The van der Waals surface area contributed by atoms with Crippen LogP contribution >= 0.6 is 0 Å². The van der Waals surface area contributed by atoms with Crippen LogP contribution < -0.4 is 113 Å². The molecule has 1 rings (SSSR count). The van der Waals surface area contributed by atoms with Crippen molar-refractivity contribution in [2.75, 3.05) is 45.9 Å². The minimum Gasteiger partial charge on any atom is -0.481 e. The summed E-state index contributed by atoms with van der Waals surface area (Å²) in [5.41, 5.74) is 16.6. The molecule has 1 aliphatic rings. The lowest BCUT2D eigenvalue weighted by Crippen LogP contribution is -2.62. The normalized spacial score (nSPS) is 16.3. The summed E-state index contributed by atoms with van der Waals surface area (Å²) in [6.07, 6.45) is -7.29. The van der Waals surface area contributed by atoms with Crippen molar-refractivity contribution in [1.82, 2.24) is 101 Å². The first-order chi connectivity index (χ1) is 64.1. The van der Waals surface area contributed by atoms with Crippen LogP contribution in [0, 0.1) is 23.2 Å². The molecule has 56 nitrogen and oxygen atoms in total. The highest BCUT2D eigenvalue weighted by molar-refractivity contribution is 6.02. The van der Waals surface area contributed by atoms with Crippen LogP contribution in [0.5, 0.6) is 0 Å². The molecule has 34 N–H and O–H groups in total. The molecule has 0 unspecified atom stereocenters. The van der Waals surface area contributed by atoms with Crippen LogP contribution in [0.1, 0.15) is 185 Å². The second kappa shape index (κ2) is 62.1. The topological polar surface area (TPSA) is 913 Å². The average molecular weight is 1960 g/mol. The van der Waals surface area contributed by atoms with Crippen LogP contribution in [0.2, 0.25) is 0 Å². The van der Waals surface area contributed by atoms with Crippen LogP contribution in [0.3, 0.4) is 0 Å². The van der Waals surface area contributed by atoms with Crippen molar-refractivity contribution in [3.63, 3.8) is 0 Å². The molecule has 0 aromatic heterocycles. The number of nitrogens with zero attached hydrogens (tertiary/aromatic N) is 1. The van der Waals surface area contributed by atoms with Gasteiger partial charge in [-0.3, -0.25) is 116 Å². The lowest BCUT2D eigenvalue weighted by Gasteiger charge is -2.33. The number of carbonyl (C=O) groups excluding carboxylic acids is 18. The molecular weight excluding hydrogens is 1820 g/mol. The fourth-order valence-corrected chi connectivity index (χ4v) is 13.0. The second-order valence-corrected chi connectivity index (χ2v) is 33.0. The fourth-order valence-electron chi connectivity index (χ4n) is 13.0. The van der Waals surface area contributed by atoms with Gasteiger partial charge in [0.05, 0.1) is 44.9 Å². The minimum atomic E-state index is -2.04. The van der Waals surface area contributed by atoms with Gasteiger partial charge in [0, 0.05) is 38.8 Å². The highest BCUT2D eigenvalue weighted by Crippen LogP contribution is 2.23. The third-order valence-corrected chi connectivity index (χ3v) is 21.5. The molecule has 0 aliphatic carbocycles. The first-order valence-electron chi connectivity index (χ1n) is 44.2. The number of amides is 18. The van der Waals surface area contributed by atoms with Crippen LogP contribution in [-0.2, 0) is 115 Å². The highest BCUT2D eigenvalue weighted by Gasteiger charge is 2.44. The molecule has 137 heavy (non-hydrogen) atoms. The third-order valence-electron chi connectivity index (χ3n) is 21.5. The zero-order valence-corrected chi connectivity index (χ0v) is 77.8. The number of hydrogen-bond acceptors (Lipinski definition) is 30. The van der Waals surface area contributed by atoms with Gasteiger partial charge in [-0.25, -0.2) is 4.79 Å². The first-order valence-corrected chi connectivity index (χ1v) is 44.2. The highest BCUT2D eigenvalue weighted by atomic mass is 16.4. The summed E-state index contributed by atoms with van der Waals surface area (Å²) < 4.78 is 0. The molecule has 1 aliphatic heterocycles. The largest absolute Gasteiger partial charge is 0.481 e. The van der Waals surface area contributed by atoms with Gasteiger partial charge in [0.25, 0.3) is 0 Å². The molecule has 0 aromatic carbocycles. The maximum absolute atomic E-state index is 14.7. The lowest BCUT2D eigenvalue weighted by molar-refractivity contribution is -0.145. The molecule has 18 amide bonds. The van der Waals surface area contributed by atoms with Crippen molar-refractivity contribution in [3.05, 3.63) is 0 Å². The van der Waals surface area contributed by atoms with E-state index in [2.05, 4.69) is 95.7 Å². The maximum Gasteiger partial charge on any atom is 0.326 e. The molecule has 56 heteroatoms. The van der Waals surface area contributed by atoms with E-state index in [0.29, 0.717) is 12.8 Å². The van der Waals surface area contributed by atoms with E-state index in [4.69, 9.17) is 27.7 Å². The number of guanidine groups is 1. The minimum absolute atomic E-state index is 0.0482. The van der Waals surface area contributed by atoms with E-state index in [0.717, 1.165) is 32.6 Å². The first kappa shape index (κ1) is 121. The van der Waals surface area contributed by atoms with Gasteiger partial charge in [-0.1, -0.05) is 54.4 Å². The Kier molecular flexibility index (Phi) is 55.0. The average Bonchev–Trinajstić information content (AvgIpc) is 1.79. The SMILES string of the molecule is CC[C@H](C)[C@H](NC(=O)CNC(=O)CNC(=O)[C@H](C)NC(=O)[C@H](CO)NC(=O)[C@@H](NC(=O)[C@H](CCCNC(=N)N)NC(=O)[C@H](CCC(=O)O)NC(=O)[C@H](CCC(=O)O)NC(=O)[C@@H](N)CCC(=O)O)[C@@H](C)O)C(=O)N[C@H](C(=O)N[C@H](C(=O)N1CCC[C@H]1C(=O)N[C@@H](CC(=O)O)C(=O)N[C@@H](CO)C(=O)N[C@@H](C)C(=O)N[C@@H](C)C(=O)N[C@@H](CCC(=O)O)C(=O)N[C@@H](CCCCN)C(=O)O)[C@@H](C)CC)C(C)C. The Balaban J connectivity index is 3.23. The molecular formula is C81H135N23O33. The zero-order chi connectivity index (χ0) is 105. The summed E-state index contributed by atoms with van der Waals surface area (Å²) in [4.78, 5) is 317. The molecule has 0 aromatic rings. The summed E-state index contributed by atoms with van der Waals surface area (Å²) in [5.74, 6) is -31.3.